The Kier molecular flexibility index (Phi) is 2.13. The van der Waals surface area contributed by atoms with Crippen molar-refractivity contribution in [2.75, 3.05) is 0 Å². The van der Waals surface area contributed by atoms with Crippen molar-refractivity contribution in [3.63, 3.8) is 0 Å². The second kappa shape index (κ2) is 3.08. The predicted octanol–water partition coefficient (Wildman–Crippen LogP) is 0.663. The van der Waals surface area contributed by atoms with Gasteiger partial charge in [0.1, 0.15) is 10.9 Å². The van der Waals surface area contributed by atoms with E-state index >= 15 is 0 Å². The first kappa shape index (κ1) is 6.90. The van der Waals surface area contributed by atoms with E-state index in [1.54, 1.807) is 17.2 Å². The predicted molar refractivity (Wildman–Crippen MR) is 41.9 cm³/mol. The van der Waals surface area contributed by atoms with Crippen LogP contribution in [0.15, 0.2) is 16.6 Å². The smallest absolute Gasteiger partial charge is 0.166 e. The van der Waals surface area contributed by atoms with Crippen molar-refractivity contribution >= 4 is 27.2 Å². The second-order valence-electron chi connectivity index (χ2n) is 1.51. The number of nitrogens with zero attached hydrogens (tertiary/aromatic N) is 2. The Morgan fingerprint density at radius 1 is 1.80 bits per heavy atom. The Bertz CT molecular complexity index is 269. The number of carbonyl (C=O) groups is 1. The summed E-state index contributed by atoms with van der Waals surface area (Å²) in [6, 6.07) is 1.81. The molecule has 1 heterocycles. The highest BCUT2D eigenvalue weighted by Gasteiger charge is 1.99. The number of aldehydes is 1. The maximum absolute atomic E-state index is 10.2. The van der Waals surface area contributed by atoms with Crippen LogP contribution < -0.4 is 0 Å². The Morgan fingerprint density at radius 2 is 2.60 bits per heavy atom. The molecule has 1 atom stereocenters. The highest BCUT2D eigenvalue weighted by molar-refractivity contribution is 8.30. The van der Waals surface area contributed by atoms with E-state index < -0.39 is 10.5 Å². The van der Waals surface area contributed by atoms with Gasteiger partial charge in [-0.05, 0) is 5.41 Å². The average Bonchev–Trinajstić information content (AvgIpc) is 2.43. The van der Waals surface area contributed by atoms with Gasteiger partial charge in [-0.1, -0.05) is 10.5 Å². The monoisotopic (exact) mass is 152 g/mol. The Morgan fingerprint density at radius 3 is 3.00 bits per heavy atom. The topological polar surface area (TPSA) is 53.2 Å². The SMILES string of the molecule is N#CC(C=O)=S1C=CN=C1. The fourth-order valence-electron chi connectivity index (χ4n) is 0.501. The summed E-state index contributed by atoms with van der Waals surface area (Å²) in [4.78, 5) is 14.2. The molecule has 1 unspecified atom stereocenters. The summed E-state index contributed by atoms with van der Waals surface area (Å²) in [5.41, 5.74) is 1.59. The lowest BCUT2D eigenvalue weighted by Gasteiger charge is -1.86. The third-order valence-electron chi connectivity index (χ3n) is 0.939. The summed E-state index contributed by atoms with van der Waals surface area (Å²) in [5, 5.41) is 10.1. The first-order chi connectivity index (χ1) is 4.88. The summed E-state index contributed by atoms with van der Waals surface area (Å²) in [6.07, 6.45) is 2.16. The first-order valence-electron chi connectivity index (χ1n) is 2.52. The van der Waals surface area contributed by atoms with Gasteiger partial charge in [0.25, 0.3) is 0 Å². The second-order valence-corrected chi connectivity index (χ2v) is 3.17. The van der Waals surface area contributed by atoms with Crippen LogP contribution in [0.4, 0.5) is 0 Å². The highest BCUT2D eigenvalue weighted by Crippen LogP contribution is 2.17. The van der Waals surface area contributed by atoms with Crippen LogP contribution in [0, 0.1) is 11.3 Å². The molecule has 0 N–H and O–H groups in total. The fraction of sp³-hybridized carbons (Fsp3) is 0. The number of rotatable bonds is 1. The molecule has 50 valence electrons. The summed E-state index contributed by atoms with van der Waals surface area (Å²) in [6.45, 7) is 0. The van der Waals surface area contributed by atoms with Crippen LogP contribution in [0.25, 0.3) is 0 Å². The minimum Gasteiger partial charge on any atom is -0.297 e. The zero-order valence-electron chi connectivity index (χ0n) is 5.02. The summed E-state index contributed by atoms with van der Waals surface area (Å²) in [7, 11) is -0.450. The molecule has 4 heteroatoms. The quantitative estimate of drug-likeness (QED) is 0.409. The highest BCUT2D eigenvalue weighted by atomic mass is 32.2. The number of aliphatic imine (C=N–C) groups is 1. The van der Waals surface area contributed by atoms with Crippen molar-refractivity contribution in [3.05, 3.63) is 11.6 Å². The molecule has 0 spiro atoms. The van der Waals surface area contributed by atoms with Gasteiger partial charge < -0.3 is 0 Å². The summed E-state index contributed by atoms with van der Waals surface area (Å²) < 4.78 is 0. The van der Waals surface area contributed by atoms with Gasteiger partial charge in [-0.2, -0.15) is 5.26 Å². The Hall–Kier alpha value is -1.21. The van der Waals surface area contributed by atoms with E-state index in [4.69, 9.17) is 5.26 Å². The van der Waals surface area contributed by atoms with Crippen LogP contribution in [-0.2, 0) is 4.79 Å². The molecule has 0 saturated carbocycles. The molecule has 1 aliphatic heterocycles. The van der Waals surface area contributed by atoms with E-state index in [1.807, 2.05) is 6.07 Å². The molecule has 1 aliphatic rings. The molecule has 0 saturated heterocycles. The van der Waals surface area contributed by atoms with Crippen molar-refractivity contribution in [2.24, 2.45) is 4.99 Å². The molecule has 0 amide bonds. The van der Waals surface area contributed by atoms with Gasteiger partial charge in [0.05, 0.1) is 5.55 Å². The number of carbonyl (C=O) groups excluding carboxylic acids is 1. The molecular formula is C6H4N2OS. The molecule has 3 nitrogen and oxygen atoms in total. The van der Waals surface area contributed by atoms with Crippen molar-refractivity contribution in [1.82, 2.24) is 0 Å². The van der Waals surface area contributed by atoms with Crippen molar-refractivity contribution in [2.45, 2.75) is 0 Å². The molecule has 0 aromatic carbocycles. The van der Waals surface area contributed by atoms with Gasteiger partial charge in [-0.15, -0.1) is 0 Å². The molecule has 0 aromatic rings. The Balaban J connectivity index is 3.06. The minimum absolute atomic E-state index is 0.234. The average molecular weight is 152 g/mol. The minimum atomic E-state index is -0.450. The van der Waals surface area contributed by atoms with E-state index in [2.05, 4.69) is 4.99 Å². The van der Waals surface area contributed by atoms with E-state index in [-0.39, 0.29) is 4.86 Å². The van der Waals surface area contributed by atoms with Crippen molar-refractivity contribution in [1.29, 1.82) is 5.26 Å². The molecule has 0 radical (unpaired) electrons. The molecule has 0 fully saturated rings. The van der Waals surface area contributed by atoms with Gasteiger partial charge in [-0.25, -0.2) is 0 Å². The van der Waals surface area contributed by atoms with Gasteiger partial charge in [0.15, 0.2) is 6.29 Å². The van der Waals surface area contributed by atoms with E-state index in [9.17, 15) is 4.79 Å². The van der Waals surface area contributed by atoms with Crippen LogP contribution >= 0.6 is 10.5 Å². The van der Waals surface area contributed by atoms with Crippen molar-refractivity contribution in [3.8, 4) is 6.07 Å². The maximum atomic E-state index is 10.2. The maximum Gasteiger partial charge on any atom is 0.166 e. The molecule has 0 bridgehead atoms. The largest absolute Gasteiger partial charge is 0.297 e. The van der Waals surface area contributed by atoms with E-state index in [1.165, 1.54) is 0 Å². The summed E-state index contributed by atoms with van der Waals surface area (Å²) in [5.74, 6) is 0. The zero-order chi connectivity index (χ0) is 7.40. The third-order valence-corrected chi connectivity index (χ3v) is 2.40. The zero-order valence-corrected chi connectivity index (χ0v) is 5.84. The molecule has 0 aromatic heterocycles. The molecule has 0 aliphatic carbocycles. The van der Waals surface area contributed by atoms with E-state index in [0.717, 1.165) is 0 Å². The van der Waals surface area contributed by atoms with Crippen LogP contribution in [-0.4, -0.2) is 16.7 Å². The Labute approximate surface area is 60.6 Å². The number of nitriles is 1. The van der Waals surface area contributed by atoms with Gasteiger partial charge >= 0.3 is 0 Å². The number of hydrogen-bond acceptors (Lipinski definition) is 3. The van der Waals surface area contributed by atoms with E-state index in [0.29, 0.717) is 6.29 Å². The van der Waals surface area contributed by atoms with Gasteiger partial charge in [-0.3, -0.25) is 9.79 Å². The number of hydrogen-bond donors (Lipinski definition) is 0. The van der Waals surface area contributed by atoms with Crippen LogP contribution in [0.3, 0.4) is 0 Å². The lowest BCUT2D eigenvalue weighted by Crippen LogP contribution is -1.93. The van der Waals surface area contributed by atoms with Crippen LogP contribution in [0.1, 0.15) is 0 Å². The lowest BCUT2D eigenvalue weighted by molar-refractivity contribution is -0.102. The van der Waals surface area contributed by atoms with Crippen LogP contribution in [0.5, 0.6) is 0 Å². The van der Waals surface area contributed by atoms with Gasteiger partial charge in [0, 0.05) is 6.20 Å². The lowest BCUT2D eigenvalue weighted by atomic mass is 10.5. The normalized spacial score (nSPS) is 22.3. The molecular weight excluding hydrogens is 148 g/mol. The fourth-order valence-corrected chi connectivity index (χ4v) is 1.45. The first-order valence-corrected chi connectivity index (χ1v) is 3.87. The standard InChI is InChI=1S/C6H4N2OS/c7-3-6(4-9)10-2-1-8-5-10/h1-2,4-5H. The molecule has 10 heavy (non-hydrogen) atoms. The third kappa shape index (κ3) is 1.20. The summed E-state index contributed by atoms with van der Waals surface area (Å²) >= 11 is 0. The van der Waals surface area contributed by atoms with Crippen LogP contribution in [0.2, 0.25) is 0 Å². The van der Waals surface area contributed by atoms with Gasteiger partial charge in [0.2, 0.25) is 0 Å². The van der Waals surface area contributed by atoms with Crippen molar-refractivity contribution < 1.29 is 4.79 Å². The molecule has 1 rings (SSSR count).